The van der Waals surface area contributed by atoms with E-state index in [0.717, 1.165) is 12.8 Å². The Labute approximate surface area is 72.8 Å². The highest BCUT2D eigenvalue weighted by Gasteiger charge is 2.34. The summed E-state index contributed by atoms with van der Waals surface area (Å²) in [5.41, 5.74) is 0.190. The van der Waals surface area contributed by atoms with E-state index in [1.165, 1.54) is 0 Å². The number of cyclic esters (lactones) is 1. The molecule has 1 heterocycles. The lowest BCUT2D eigenvalue weighted by molar-refractivity contribution is -0.146. The van der Waals surface area contributed by atoms with E-state index < -0.39 is 0 Å². The number of likely N-dealkylation sites (N-methyl/N-ethyl adjacent to an activating group) is 1. The van der Waals surface area contributed by atoms with E-state index >= 15 is 0 Å². The van der Waals surface area contributed by atoms with E-state index in [-0.39, 0.29) is 11.6 Å². The summed E-state index contributed by atoms with van der Waals surface area (Å²) in [5, 5.41) is 2.81. The molecule has 0 fully saturated rings. The molecule has 0 aromatic rings. The lowest BCUT2D eigenvalue weighted by atomic mass is 10.0. The molecule has 68 valence electrons. The van der Waals surface area contributed by atoms with Gasteiger partial charge in [-0.3, -0.25) is 0 Å². The topological polar surface area (TPSA) is 38.3 Å². The Morgan fingerprint density at radius 1 is 1.67 bits per heavy atom. The van der Waals surface area contributed by atoms with Gasteiger partial charge >= 0.3 is 5.97 Å². The van der Waals surface area contributed by atoms with Crippen LogP contribution in [0.2, 0.25) is 0 Å². The van der Waals surface area contributed by atoms with Gasteiger partial charge in [-0.05, 0) is 19.4 Å². The van der Waals surface area contributed by atoms with Gasteiger partial charge in [0.05, 0.1) is 0 Å². The van der Waals surface area contributed by atoms with Gasteiger partial charge in [-0.1, -0.05) is 13.3 Å². The van der Waals surface area contributed by atoms with Crippen molar-refractivity contribution in [3.8, 4) is 0 Å². The number of esters is 1. The molecule has 0 saturated heterocycles. The summed E-state index contributed by atoms with van der Waals surface area (Å²) >= 11 is 0. The average Bonchev–Trinajstić information content (AvgIpc) is 2.27. The summed E-state index contributed by atoms with van der Waals surface area (Å²) in [6, 6.07) is 0. The fourth-order valence-electron chi connectivity index (χ4n) is 1.45. The first-order valence-corrected chi connectivity index (χ1v) is 4.25. The maximum absolute atomic E-state index is 11.1. The van der Waals surface area contributed by atoms with Crippen molar-refractivity contribution in [2.45, 2.75) is 32.3 Å². The molecule has 0 bridgehead atoms. The summed E-state index contributed by atoms with van der Waals surface area (Å²) in [5.74, 6) is -0.242. The second kappa shape index (κ2) is 3.17. The van der Waals surface area contributed by atoms with Crippen molar-refractivity contribution in [3.63, 3.8) is 0 Å². The van der Waals surface area contributed by atoms with Crippen LogP contribution in [0.4, 0.5) is 0 Å². The summed E-state index contributed by atoms with van der Waals surface area (Å²) in [4.78, 5) is 11.1. The van der Waals surface area contributed by atoms with Crippen molar-refractivity contribution in [1.82, 2.24) is 5.32 Å². The second-order valence-corrected chi connectivity index (χ2v) is 3.26. The quantitative estimate of drug-likeness (QED) is 0.645. The highest BCUT2D eigenvalue weighted by atomic mass is 16.6. The molecule has 0 spiro atoms. The van der Waals surface area contributed by atoms with Crippen LogP contribution in [-0.2, 0) is 9.53 Å². The van der Waals surface area contributed by atoms with Crippen molar-refractivity contribution in [3.05, 3.63) is 11.8 Å². The largest absolute Gasteiger partial charge is 0.450 e. The van der Waals surface area contributed by atoms with Gasteiger partial charge in [-0.15, -0.1) is 0 Å². The van der Waals surface area contributed by atoms with Crippen LogP contribution < -0.4 is 5.32 Å². The first-order valence-electron chi connectivity index (χ1n) is 4.25. The van der Waals surface area contributed by atoms with E-state index in [9.17, 15) is 4.79 Å². The Kier molecular flexibility index (Phi) is 2.40. The average molecular weight is 169 g/mol. The minimum Gasteiger partial charge on any atom is -0.450 e. The first kappa shape index (κ1) is 9.10. The van der Waals surface area contributed by atoms with Crippen molar-refractivity contribution in [2.75, 3.05) is 7.05 Å². The Hall–Kier alpha value is -0.990. The summed E-state index contributed by atoms with van der Waals surface area (Å²) in [6.45, 7) is 4.00. The molecule has 1 unspecified atom stereocenters. The summed E-state index contributed by atoms with van der Waals surface area (Å²) < 4.78 is 5.20. The monoisotopic (exact) mass is 169 g/mol. The Morgan fingerprint density at radius 3 is 2.75 bits per heavy atom. The van der Waals surface area contributed by atoms with Crippen LogP contribution >= 0.6 is 0 Å². The van der Waals surface area contributed by atoms with E-state index in [2.05, 4.69) is 12.2 Å². The highest BCUT2D eigenvalue weighted by Crippen LogP contribution is 2.27. The third kappa shape index (κ3) is 1.60. The molecule has 1 rings (SSSR count). The summed E-state index contributed by atoms with van der Waals surface area (Å²) in [6.07, 6.45) is 3.75. The van der Waals surface area contributed by atoms with Crippen LogP contribution in [-0.4, -0.2) is 18.6 Å². The lowest BCUT2D eigenvalue weighted by Crippen LogP contribution is -2.23. The van der Waals surface area contributed by atoms with Gasteiger partial charge in [0.2, 0.25) is 0 Å². The highest BCUT2D eigenvalue weighted by molar-refractivity contribution is 5.90. The normalized spacial score (nSPS) is 28.2. The Bertz CT molecular complexity index is 223. The molecule has 12 heavy (non-hydrogen) atoms. The number of hydrogen-bond acceptors (Lipinski definition) is 3. The molecule has 0 aliphatic carbocycles. The van der Waals surface area contributed by atoms with Crippen LogP contribution in [0.5, 0.6) is 0 Å². The standard InChI is InChI=1S/C9H15NO2/c1-4-5-9(2)6-7(10-3)8(11)12-9/h6,10H,4-5H2,1-3H3. The fraction of sp³-hybridized carbons (Fsp3) is 0.667. The minimum absolute atomic E-state index is 0.242. The maximum atomic E-state index is 11.1. The molecular weight excluding hydrogens is 154 g/mol. The molecule has 0 radical (unpaired) electrons. The molecule has 0 amide bonds. The van der Waals surface area contributed by atoms with E-state index in [1.54, 1.807) is 7.05 Å². The zero-order valence-corrected chi connectivity index (χ0v) is 7.81. The third-order valence-electron chi connectivity index (χ3n) is 2.01. The summed E-state index contributed by atoms with van der Waals surface area (Å²) in [7, 11) is 1.73. The van der Waals surface area contributed by atoms with Crippen molar-refractivity contribution in [1.29, 1.82) is 0 Å². The van der Waals surface area contributed by atoms with Gasteiger partial charge in [0, 0.05) is 7.05 Å². The molecule has 0 aromatic carbocycles. The van der Waals surface area contributed by atoms with Gasteiger partial charge in [0.15, 0.2) is 0 Å². The van der Waals surface area contributed by atoms with Crippen LogP contribution in [0.15, 0.2) is 11.8 Å². The number of carbonyl (C=O) groups excluding carboxylic acids is 1. The van der Waals surface area contributed by atoms with Crippen LogP contribution in [0.3, 0.4) is 0 Å². The molecule has 1 aliphatic rings. The van der Waals surface area contributed by atoms with Gasteiger partial charge in [0.25, 0.3) is 0 Å². The van der Waals surface area contributed by atoms with E-state index in [1.807, 2.05) is 13.0 Å². The number of hydrogen-bond donors (Lipinski definition) is 1. The molecule has 0 saturated carbocycles. The van der Waals surface area contributed by atoms with E-state index in [0.29, 0.717) is 5.70 Å². The third-order valence-corrected chi connectivity index (χ3v) is 2.01. The predicted molar refractivity (Wildman–Crippen MR) is 46.5 cm³/mol. The lowest BCUT2D eigenvalue weighted by Gasteiger charge is -2.19. The number of nitrogens with one attached hydrogen (secondary N) is 1. The SMILES string of the molecule is CCCC1(C)C=C(NC)C(=O)O1. The molecular formula is C9H15NO2. The van der Waals surface area contributed by atoms with Crippen LogP contribution in [0.25, 0.3) is 0 Å². The molecule has 0 aromatic heterocycles. The number of carbonyl (C=O) groups is 1. The Morgan fingerprint density at radius 2 is 2.33 bits per heavy atom. The fourth-order valence-corrected chi connectivity index (χ4v) is 1.45. The second-order valence-electron chi connectivity index (χ2n) is 3.26. The smallest absolute Gasteiger partial charge is 0.355 e. The van der Waals surface area contributed by atoms with Gasteiger partial charge in [-0.2, -0.15) is 0 Å². The molecule has 1 aliphatic heterocycles. The van der Waals surface area contributed by atoms with Gasteiger partial charge < -0.3 is 10.1 Å². The Balaban J connectivity index is 2.73. The molecule has 3 nitrogen and oxygen atoms in total. The predicted octanol–water partition coefficient (Wildman–Crippen LogP) is 1.21. The zero-order chi connectivity index (χ0) is 9.19. The molecule has 1 atom stereocenters. The number of rotatable bonds is 3. The molecule has 3 heteroatoms. The zero-order valence-electron chi connectivity index (χ0n) is 7.81. The van der Waals surface area contributed by atoms with Crippen LogP contribution in [0.1, 0.15) is 26.7 Å². The van der Waals surface area contributed by atoms with Gasteiger partial charge in [-0.25, -0.2) is 4.79 Å². The number of ether oxygens (including phenoxy) is 1. The maximum Gasteiger partial charge on any atom is 0.355 e. The first-order chi connectivity index (χ1) is 5.61. The minimum atomic E-state index is -0.385. The molecule has 1 N–H and O–H groups in total. The van der Waals surface area contributed by atoms with E-state index in [4.69, 9.17) is 4.74 Å². The van der Waals surface area contributed by atoms with Crippen molar-refractivity contribution in [2.24, 2.45) is 0 Å². The van der Waals surface area contributed by atoms with Crippen molar-refractivity contribution < 1.29 is 9.53 Å². The van der Waals surface area contributed by atoms with Crippen LogP contribution in [0, 0.1) is 0 Å². The van der Waals surface area contributed by atoms with Crippen molar-refractivity contribution >= 4 is 5.97 Å². The van der Waals surface area contributed by atoms with Gasteiger partial charge in [0.1, 0.15) is 11.3 Å².